The average Bonchev–Trinajstić information content (AvgIpc) is 3.07. The minimum Gasteiger partial charge on any atom is -0.467 e. The van der Waals surface area contributed by atoms with Gasteiger partial charge in [0.2, 0.25) is 0 Å². The summed E-state index contributed by atoms with van der Waals surface area (Å²) in [5.41, 5.74) is 0.172. The van der Waals surface area contributed by atoms with Gasteiger partial charge in [0.15, 0.2) is 0 Å². The van der Waals surface area contributed by atoms with Crippen LogP contribution >= 0.6 is 0 Å². The highest BCUT2D eigenvalue weighted by atomic mass is 16.6. The van der Waals surface area contributed by atoms with Crippen molar-refractivity contribution in [2.75, 3.05) is 25.2 Å². The van der Waals surface area contributed by atoms with Gasteiger partial charge in [0, 0.05) is 11.3 Å². The van der Waals surface area contributed by atoms with Gasteiger partial charge in [0.25, 0.3) is 5.91 Å². The minimum atomic E-state index is -0.943. The molecule has 7 heteroatoms. The fraction of sp³-hybridized carbons (Fsp3) is 0.500. The summed E-state index contributed by atoms with van der Waals surface area (Å²) in [7, 11) is 1.34. The number of benzene rings is 1. The van der Waals surface area contributed by atoms with Gasteiger partial charge in [-0.3, -0.25) is 9.69 Å². The van der Waals surface area contributed by atoms with Gasteiger partial charge in [-0.2, -0.15) is 0 Å². The van der Waals surface area contributed by atoms with Gasteiger partial charge in [-0.15, -0.1) is 0 Å². The first-order valence-corrected chi connectivity index (χ1v) is 8.51. The van der Waals surface area contributed by atoms with E-state index in [0.29, 0.717) is 37.2 Å². The monoisotopic (exact) mass is 346 g/mol. The Balaban J connectivity index is 1.73. The summed E-state index contributed by atoms with van der Waals surface area (Å²) in [6.07, 6.45) is 3.60. The molecular formula is C18H22N2O5. The van der Waals surface area contributed by atoms with Crippen LogP contribution in [0.2, 0.25) is 0 Å². The Bertz CT molecular complexity index is 665. The van der Waals surface area contributed by atoms with Gasteiger partial charge in [0.05, 0.1) is 13.7 Å². The molecule has 1 saturated carbocycles. The summed E-state index contributed by atoms with van der Waals surface area (Å²) in [6.45, 7) is 0.860. The van der Waals surface area contributed by atoms with Crippen molar-refractivity contribution in [3.63, 3.8) is 0 Å². The van der Waals surface area contributed by atoms with Crippen LogP contribution in [-0.2, 0) is 14.3 Å². The van der Waals surface area contributed by atoms with E-state index in [1.165, 1.54) is 12.0 Å². The number of methoxy groups -OCH3 is 1. The molecule has 0 unspecified atom stereocenters. The van der Waals surface area contributed by atoms with Gasteiger partial charge in [-0.1, -0.05) is 19.3 Å². The van der Waals surface area contributed by atoms with Gasteiger partial charge < -0.3 is 14.8 Å². The smallest absolute Gasteiger partial charge is 0.414 e. The van der Waals surface area contributed by atoms with E-state index in [1.54, 1.807) is 24.3 Å². The Hall–Kier alpha value is -2.57. The Kier molecular flexibility index (Phi) is 4.92. The first kappa shape index (κ1) is 17.3. The summed E-state index contributed by atoms with van der Waals surface area (Å²) in [4.78, 5) is 37.9. The first-order valence-electron chi connectivity index (χ1n) is 8.51. The number of nitrogens with one attached hydrogen (secondary N) is 1. The molecule has 1 aliphatic heterocycles. The second kappa shape index (κ2) is 7.13. The van der Waals surface area contributed by atoms with Crippen molar-refractivity contribution in [3.05, 3.63) is 29.8 Å². The fourth-order valence-electron chi connectivity index (χ4n) is 3.44. The van der Waals surface area contributed by atoms with Crippen molar-refractivity contribution < 1.29 is 23.9 Å². The third-order valence-electron chi connectivity index (χ3n) is 4.84. The molecule has 1 aromatic rings. The molecule has 1 aliphatic carbocycles. The Labute approximate surface area is 146 Å². The molecule has 0 spiro atoms. The molecule has 2 fully saturated rings. The van der Waals surface area contributed by atoms with Crippen molar-refractivity contribution in [1.29, 1.82) is 0 Å². The van der Waals surface area contributed by atoms with Crippen LogP contribution in [-0.4, -0.2) is 43.8 Å². The third-order valence-corrected chi connectivity index (χ3v) is 4.84. The number of hydrogen-bond donors (Lipinski definition) is 1. The molecule has 134 valence electrons. The predicted octanol–water partition coefficient (Wildman–Crippen LogP) is 2.25. The lowest BCUT2D eigenvalue weighted by atomic mass is 9.81. The molecule has 0 bridgehead atoms. The lowest BCUT2D eigenvalue weighted by Gasteiger charge is -2.35. The van der Waals surface area contributed by atoms with Crippen LogP contribution in [0.3, 0.4) is 0 Å². The summed E-state index contributed by atoms with van der Waals surface area (Å²) in [5, 5.41) is 2.88. The van der Waals surface area contributed by atoms with E-state index in [-0.39, 0.29) is 12.0 Å². The highest BCUT2D eigenvalue weighted by molar-refractivity contribution is 5.99. The number of cyclic esters (lactones) is 1. The van der Waals surface area contributed by atoms with Crippen molar-refractivity contribution in [2.24, 2.45) is 0 Å². The largest absolute Gasteiger partial charge is 0.467 e. The zero-order chi connectivity index (χ0) is 17.9. The molecule has 1 heterocycles. The quantitative estimate of drug-likeness (QED) is 0.845. The summed E-state index contributed by atoms with van der Waals surface area (Å²) < 4.78 is 9.82. The summed E-state index contributed by atoms with van der Waals surface area (Å²) >= 11 is 0. The van der Waals surface area contributed by atoms with E-state index in [2.05, 4.69) is 5.32 Å². The highest BCUT2D eigenvalue weighted by Gasteiger charge is 2.42. The van der Waals surface area contributed by atoms with E-state index in [1.807, 2.05) is 0 Å². The Morgan fingerprint density at radius 1 is 1.16 bits per heavy atom. The van der Waals surface area contributed by atoms with Gasteiger partial charge in [-0.25, -0.2) is 9.59 Å². The average molecular weight is 346 g/mol. The number of ether oxygens (including phenoxy) is 2. The molecular weight excluding hydrogens is 324 g/mol. The number of rotatable bonds is 4. The Morgan fingerprint density at radius 2 is 1.84 bits per heavy atom. The first-order chi connectivity index (χ1) is 12.1. The second-order valence-corrected chi connectivity index (χ2v) is 6.40. The number of carbonyl (C=O) groups excluding carboxylic acids is 3. The number of carbonyl (C=O) groups is 3. The molecule has 7 nitrogen and oxygen atoms in total. The molecule has 1 N–H and O–H groups in total. The number of amides is 2. The van der Waals surface area contributed by atoms with Crippen LogP contribution in [0.4, 0.5) is 10.5 Å². The standard InChI is InChI=1S/C18H22N2O5/c1-24-16(22)18(9-3-2-4-10-18)19-15(21)13-5-7-14(8-6-13)20-11-12-25-17(20)23/h5-8H,2-4,9-12H2,1H3,(H,19,21). The van der Waals surface area contributed by atoms with E-state index < -0.39 is 11.5 Å². The van der Waals surface area contributed by atoms with Gasteiger partial charge in [0.1, 0.15) is 12.1 Å². The number of esters is 1. The highest BCUT2D eigenvalue weighted by Crippen LogP contribution is 2.30. The Morgan fingerprint density at radius 3 is 2.40 bits per heavy atom. The van der Waals surface area contributed by atoms with Gasteiger partial charge in [-0.05, 0) is 37.1 Å². The zero-order valence-electron chi connectivity index (χ0n) is 14.2. The van der Waals surface area contributed by atoms with Crippen LogP contribution in [0.5, 0.6) is 0 Å². The SMILES string of the molecule is COC(=O)C1(NC(=O)c2ccc(N3CCOC3=O)cc2)CCCCC1. The van der Waals surface area contributed by atoms with E-state index in [0.717, 1.165) is 19.3 Å². The normalized spacial score (nSPS) is 19.2. The van der Waals surface area contributed by atoms with Crippen LogP contribution in [0, 0.1) is 0 Å². The zero-order valence-corrected chi connectivity index (χ0v) is 14.2. The molecule has 2 amide bonds. The maximum Gasteiger partial charge on any atom is 0.414 e. The van der Waals surface area contributed by atoms with Crippen molar-refractivity contribution in [3.8, 4) is 0 Å². The molecule has 0 atom stereocenters. The van der Waals surface area contributed by atoms with Crippen molar-refractivity contribution in [2.45, 2.75) is 37.6 Å². The van der Waals surface area contributed by atoms with Crippen molar-refractivity contribution >= 4 is 23.7 Å². The molecule has 25 heavy (non-hydrogen) atoms. The fourth-order valence-corrected chi connectivity index (χ4v) is 3.44. The van der Waals surface area contributed by atoms with Crippen LogP contribution in [0.15, 0.2) is 24.3 Å². The van der Waals surface area contributed by atoms with E-state index >= 15 is 0 Å². The molecule has 1 saturated heterocycles. The van der Waals surface area contributed by atoms with E-state index in [9.17, 15) is 14.4 Å². The second-order valence-electron chi connectivity index (χ2n) is 6.40. The minimum absolute atomic E-state index is 0.317. The molecule has 0 aromatic heterocycles. The molecule has 0 radical (unpaired) electrons. The maximum atomic E-state index is 12.6. The lowest BCUT2D eigenvalue weighted by Crippen LogP contribution is -2.56. The number of nitrogens with zero attached hydrogens (tertiary/aromatic N) is 1. The van der Waals surface area contributed by atoms with Crippen LogP contribution in [0.1, 0.15) is 42.5 Å². The molecule has 3 rings (SSSR count). The molecule has 1 aromatic carbocycles. The number of hydrogen-bond acceptors (Lipinski definition) is 5. The van der Waals surface area contributed by atoms with Gasteiger partial charge >= 0.3 is 12.1 Å². The third kappa shape index (κ3) is 3.45. The summed E-state index contributed by atoms with van der Waals surface area (Å²) in [6, 6.07) is 6.69. The molecule has 2 aliphatic rings. The van der Waals surface area contributed by atoms with Crippen LogP contribution in [0.25, 0.3) is 0 Å². The predicted molar refractivity (Wildman–Crippen MR) is 90.4 cm³/mol. The van der Waals surface area contributed by atoms with Crippen LogP contribution < -0.4 is 10.2 Å². The topological polar surface area (TPSA) is 84.9 Å². The lowest BCUT2D eigenvalue weighted by molar-refractivity contribution is -0.149. The summed E-state index contributed by atoms with van der Waals surface area (Å²) in [5.74, 6) is -0.708. The van der Waals surface area contributed by atoms with Crippen molar-refractivity contribution in [1.82, 2.24) is 5.32 Å². The van der Waals surface area contributed by atoms with E-state index in [4.69, 9.17) is 9.47 Å². The maximum absolute atomic E-state index is 12.6. The number of anilines is 1.